The number of hydrogen-bond donors (Lipinski definition) is 1. The van der Waals surface area contributed by atoms with Gasteiger partial charge in [-0.05, 0) is 31.9 Å². The van der Waals surface area contributed by atoms with Crippen LogP contribution in [0.5, 0.6) is 0 Å². The molecule has 0 aromatic carbocycles. The first-order valence-electron chi connectivity index (χ1n) is 6.09. The van der Waals surface area contributed by atoms with Crippen molar-refractivity contribution in [2.45, 2.75) is 38.6 Å². The van der Waals surface area contributed by atoms with Gasteiger partial charge in [0, 0.05) is 24.3 Å². The zero-order valence-corrected chi connectivity index (χ0v) is 11.3. The molecule has 1 heterocycles. The molecule has 0 amide bonds. The van der Waals surface area contributed by atoms with E-state index in [2.05, 4.69) is 16.9 Å². The summed E-state index contributed by atoms with van der Waals surface area (Å²) < 4.78 is 0. The van der Waals surface area contributed by atoms with Crippen LogP contribution in [0.15, 0.2) is 12.1 Å². The first kappa shape index (κ1) is 12.3. The molecule has 0 unspecified atom stereocenters. The third-order valence-electron chi connectivity index (χ3n) is 3.46. The molecule has 0 spiro atoms. The highest BCUT2D eigenvalue weighted by Crippen LogP contribution is 2.26. The summed E-state index contributed by atoms with van der Waals surface area (Å²) in [6.45, 7) is 1.98. The van der Waals surface area contributed by atoms with E-state index in [0.717, 1.165) is 17.1 Å². The lowest BCUT2D eigenvalue weighted by atomic mass is 10.2. The second-order valence-electron chi connectivity index (χ2n) is 4.77. The normalized spacial score (nSPS) is 16.1. The van der Waals surface area contributed by atoms with Crippen molar-refractivity contribution in [2.75, 3.05) is 11.9 Å². The van der Waals surface area contributed by atoms with E-state index in [1.54, 1.807) is 0 Å². The maximum absolute atomic E-state index is 5.69. The lowest BCUT2D eigenvalue weighted by molar-refractivity contribution is 0.646. The molecular weight excluding hydrogens is 230 g/mol. The molecule has 1 fully saturated rings. The zero-order chi connectivity index (χ0) is 12.4. The van der Waals surface area contributed by atoms with Gasteiger partial charge in [0.25, 0.3) is 0 Å². The number of anilines is 1. The summed E-state index contributed by atoms with van der Waals surface area (Å²) in [7, 11) is 2.11. The molecule has 0 atom stereocenters. The van der Waals surface area contributed by atoms with Gasteiger partial charge in [-0.1, -0.05) is 25.1 Å². The summed E-state index contributed by atoms with van der Waals surface area (Å²) >= 11 is 5.03. The topological polar surface area (TPSA) is 42.1 Å². The van der Waals surface area contributed by atoms with Crippen LogP contribution in [-0.4, -0.2) is 23.1 Å². The summed E-state index contributed by atoms with van der Waals surface area (Å²) in [6.07, 6.45) is 5.16. The van der Waals surface area contributed by atoms with E-state index in [1.807, 2.05) is 19.1 Å². The maximum Gasteiger partial charge on any atom is 0.129 e. The molecule has 1 aromatic heterocycles. The first-order chi connectivity index (χ1) is 8.08. The van der Waals surface area contributed by atoms with Crippen molar-refractivity contribution in [2.24, 2.45) is 5.73 Å². The van der Waals surface area contributed by atoms with Gasteiger partial charge in [0.05, 0.1) is 0 Å². The number of hydrogen-bond acceptors (Lipinski definition) is 3. The Morgan fingerprint density at radius 2 is 2.06 bits per heavy atom. The van der Waals surface area contributed by atoms with E-state index >= 15 is 0 Å². The molecule has 1 aliphatic rings. The molecule has 4 heteroatoms. The highest BCUT2D eigenvalue weighted by Gasteiger charge is 2.21. The van der Waals surface area contributed by atoms with Crippen molar-refractivity contribution in [3.8, 4) is 0 Å². The Bertz CT molecular complexity index is 425. The number of rotatable bonds is 3. The van der Waals surface area contributed by atoms with E-state index in [0.29, 0.717) is 11.0 Å². The number of thiocarbonyl (C=S) groups is 1. The van der Waals surface area contributed by atoms with Crippen LogP contribution in [0.25, 0.3) is 0 Å². The van der Waals surface area contributed by atoms with Crippen molar-refractivity contribution in [1.82, 2.24) is 4.98 Å². The van der Waals surface area contributed by atoms with Gasteiger partial charge in [0.15, 0.2) is 0 Å². The monoisotopic (exact) mass is 249 g/mol. The molecule has 1 saturated carbocycles. The zero-order valence-electron chi connectivity index (χ0n) is 10.4. The van der Waals surface area contributed by atoms with Gasteiger partial charge in [0.1, 0.15) is 10.8 Å². The molecule has 0 saturated heterocycles. The van der Waals surface area contributed by atoms with Crippen molar-refractivity contribution in [3.63, 3.8) is 0 Å². The van der Waals surface area contributed by atoms with Gasteiger partial charge in [-0.15, -0.1) is 0 Å². The van der Waals surface area contributed by atoms with Crippen LogP contribution in [0.3, 0.4) is 0 Å². The van der Waals surface area contributed by atoms with Crippen LogP contribution in [0.2, 0.25) is 0 Å². The number of aromatic nitrogens is 1. The van der Waals surface area contributed by atoms with Gasteiger partial charge in [-0.2, -0.15) is 0 Å². The Balaban J connectivity index is 2.27. The molecule has 0 radical (unpaired) electrons. The van der Waals surface area contributed by atoms with Crippen molar-refractivity contribution < 1.29 is 0 Å². The van der Waals surface area contributed by atoms with Gasteiger partial charge in [0.2, 0.25) is 0 Å². The fraction of sp³-hybridized carbons (Fsp3) is 0.538. The summed E-state index contributed by atoms with van der Waals surface area (Å²) in [4.78, 5) is 7.28. The van der Waals surface area contributed by atoms with Crippen LogP contribution < -0.4 is 10.6 Å². The highest BCUT2D eigenvalue weighted by molar-refractivity contribution is 7.80. The maximum atomic E-state index is 5.69. The minimum absolute atomic E-state index is 0.441. The second kappa shape index (κ2) is 5.00. The summed E-state index contributed by atoms with van der Waals surface area (Å²) in [5.41, 5.74) is 7.57. The van der Waals surface area contributed by atoms with Crippen molar-refractivity contribution >= 4 is 23.0 Å². The minimum Gasteiger partial charge on any atom is -0.389 e. The molecule has 3 nitrogen and oxygen atoms in total. The van der Waals surface area contributed by atoms with Crippen LogP contribution in [0.4, 0.5) is 5.82 Å². The Kier molecular flexibility index (Phi) is 3.62. The van der Waals surface area contributed by atoms with E-state index < -0.39 is 0 Å². The van der Waals surface area contributed by atoms with E-state index in [4.69, 9.17) is 18.0 Å². The van der Waals surface area contributed by atoms with Gasteiger partial charge in [-0.25, -0.2) is 4.98 Å². The fourth-order valence-electron chi connectivity index (χ4n) is 2.45. The Morgan fingerprint density at radius 1 is 1.41 bits per heavy atom. The number of nitrogens with two attached hydrogens (primary N) is 1. The number of nitrogens with zero attached hydrogens (tertiary/aromatic N) is 2. The standard InChI is InChI=1S/C13H19N3S/c1-9-7-10(13(14)17)8-12(15-9)16(2)11-5-3-4-6-11/h7-8,11H,3-6H2,1-2H3,(H2,14,17). The van der Waals surface area contributed by atoms with Crippen molar-refractivity contribution in [3.05, 3.63) is 23.4 Å². The average Bonchev–Trinajstić information content (AvgIpc) is 2.80. The summed E-state index contributed by atoms with van der Waals surface area (Å²) in [5.74, 6) is 0.986. The molecule has 0 bridgehead atoms. The molecule has 2 N–H and O–H groups in total. The van der Waals surface area contributed by atoms with E-state index in [9.17, 15) is 0 Å². The third kappa shape index (κ3) is 2.75. The summed E-state index contributed by atoms with van der Waals surface area (Å²) in [6, 6.07) is 4.55. The largest absolute Gasteiger partial charge is 0.389 e. The molecule has 1 aliphatic carbocycles. The third-order valence-corrected chi connectivity index (χ3v) is 3.69. The van der Waals surface area contributed by atoms with Crippen LogP contribution in [0, 0.1) is 6.92 Å². The molecule has 0 aliphatic heterocycles. The minimum atomic E-state index is 0.441. The van der Waals surface area contributed by atoms with Crippen LogP contribution in [-0.2, 0) is 0 Å². The molecular formula is C13H19N3S. The lowest BCUT2D eigenvalue weighted by Crippen LogP contribution is -2.30. The Hall–Kier alpha value is -1.16. The SMILES string of the molecule is Cc1cc(C(N)=S)cc(N(C)C2CCCC2)n1. The molecule has 2 rings (SSSR count). The van der Waals surface area contributed by atoms with Crippen LogP contribution in [0.1, 0.15) is 36.9 Å². The molecule has 92 valence electrons. The van der Waals surface area contributed by atoms with E-state index in [1.165, 1.54) is 25.7 Å². The Morgan fingerprint density at radius 3 is 2.65 bits per heavy atom. The predicted octanol–water partition coefficient (Wildman–Crippen LogP) is 2.40. The fourth-order valence-corrected chi connectivity index (χ4v) is 2.57. The van der Waals surface area contributed by atoms with Crippen LogP contribution >= 0.6 is 12.2 Å². The van der Waals surface area contributed by atoms with E-state index in [-0.39, 0.29) is 0 Å². The average molecular weight is 249 g/mol. The number of pyridine rings is 1. The van der Waals surface area contributed by atoms with Crippen molar-refractivity contribution in [1.29, 1.82) is 0 Å². The molecule has 1 aromatic rings. The Labute approximate surface area is 108 Å². The highest BCUT2D eigenvalue weighted by atomic mass is 32.1. The van der Waals surface area contributed by atoms with Gasteiger partial charge < -0.3 is 10.6 Å². The lowest BCUT2D eigenvalue weighted by Gasteiger charge is -2.26. The second-order valence-corrected chi connectivity index (χ2v) is 5.21. The smallest absolute Gasteiger partial charge is 0.129 e. The number of aryl methyl sites for hydroxylation is 1. The van der Waals surface area contributed by atoms with Gasteiger partial charge in [-0.3, -0.25) is 0 Å². The van der Waals surface area contributed by atoms with Gasteiger partial charge >= 0.3 is 0 Å². The first-order valence-corrected chi connectivity index (χ1v) is 6.50. The predicted molar refractivity (Wildman–Crippen MR) is 75.5 cm³/mol. The molecule has 17 heavy (non-hydrogen) atoms. The quantitative estimate of drug-likeness (QED) is 0.835. The summed E-state index contributed by atoms with van der Waals surface area (Å²) in [5, 5.41) is 0.